The first kappa shape index (κ1) is 12.4. The predicted octanol–water partition coefficient (Wildman–Crippen LogP) is 0.448. The van der Waals surface area contributed by atoms with E-state index >= 15 is 0 Å². The average Bonchev–Trinajstić information content (AvgIpc) is 2.23. The maximum absolute atomic E-state index is 13.0. The largest absolute Gasteiger partial charge is 0.390 e. The first-order valence-electron chi connectivity index (χ1n) is 5.58. The third-order valence-electron chi connectivity index (χ3n) is 3.06. The van der Waals surface area contributed by atoms with Crippen molar-refractivity contribution in [1.82, 2.24) is 5.32 Å². The Bertz CT molecular complexity index is 380. The summed E-state index contributed by atoms with van der Waals surface area (Å²) in [7, 11) is 0. The van der Waals surface area contributed by atoms with Crippen LogP contribution in [-0.4, -0.2) is 35.5 Å². The van der Waals surface area contributed by atoms with Gasteiger partial charge in [-0.3, -0.25) is 0 Å². The molecule has 1 aliphatic rings. The van der Waals surface area contributed by atoms with Crippen molar-refractivity contribution < 1.29 is 19.0 Å². The quantitative estimate of drug-likeness (QED) is 0.707. The van der Waals surface area contributed by atoms with Crippen LogP contribution in [0.1, 0.15) is 5.56 Å². The Balaban J connectivity index is 2.09. The highest BCUT2D eigenvalue weighted by molar-refractivity contribution is 5.19. The number of rotatable bonds is 2. The molecule has 0 amide bonds. The highest BCUT2D eigenvalue weighted by Crippen LogP contribution is 2.19. The lowest BCUT2D eigenvalue weighted by Gasteiger charge is -2.32. The molecule has 1 heterocycles. The first-order chi connectivity index (χ1) is 8.06. The molecule has 2 rings (SSSR count). The van der Waals surface area contributed by atoms with Crippen LogP contribution in [0.25, 0.3) is 0 Å². The van der Waals surface area contributed by atoms with Gasteiger partial charge in [-0.2, -0.15) is 0 Å². The molecule has 0 radical (unpaired) electrons. The zero-order valence-electron chi connectivity index (χ0n) is 9.24. The van der Waals surface area contributed by atoms with E-state index in [9.17, 15) is 19.0 Å². The number of halogens is 2. The second-order valence-electron chi connectivity index (χ2n) is 4.46. The Morgan fingerprint density at radius 1 is 1.12 bits per heavy atom. The molecule has 0 bridgehead atoms. The van der Waals surface area contributed by atoms with Gasteiger partial charge in [-0.05, 0) is 24.1 Å². The molecule has 1 aliphatic heterocycles. The zero-order valence-corrected chi connectivity index (χ0v) is 9.24. The molecular weight excluding hydrogens is 228 g/mol. The molecule has 3 N–H and O–H groups in total. The van der Waals surface area contributed by atoms with Gasteiger partial charge in [-0.25, -0.2) is 8.78 Å². The van der Waals surface area contributed by atoms with E-state index in [1.54, 1.807) is 0 Å². The van der Waals surface area contributed by atoms with Gasteiger partial charge < -0.3 is 15.5 Å². The number of piperidine rings is 1. The topological polar surface area (TPSA) is 52.5 Å². The molecule has 94 valence electrons. The standard InChI is InChI=1S/C12H15F2NO2/c13-9-2-7(3-10(14)4-9)1-8-5-15-6-11(16)12(8)17/h2-4,8,11-12,15-17H,1,5-6H2. The summed E-state index contributed by atoms with van der Waals surface area (Å²) in [5.74, 6) is -1.49. The summed E-state index contributed by atoms with van der Waals surface area (Å²) in [5.41, 5.74) is 0.488. The Morgan fingerprint density at radius 2 is 1.76 bits per heavy atom. The molecule has 5 heteroatoms. The van der Waals surface area contributed by atoms with E-state index < -0.39 is 23.8 Å². The molecule has 1 saturated heterocycles. The Morgan fingerprint density at radius 3 is 2.41 bits per heavy atom. The van der Waals surface area contributed by atoms with Crippen LogP contribution in [0.2, 0.25) is 0 Å². The molecular formula is C12H15F2NO2. The Hall–Kier alpha value is -1.04. The molecule has 3 atom stereocenters. The van der Waals surface area contributed by atoms with Gasteiger partial charge in [0.05, 0.1) is 12.2 Å². The van der Waals surface area contributed by atoms with Crippen molar-refractivity contribution in [1.29, 1.82) is 0 Å². The number of aliphatic hydroxyl groups excluding tert-OH is 2. The molecule has 17 heavy (non-hydrogen) atoms. The first-order valence-corrected chi connectivity index (χ1v) is 5.58. The van der Waals surface area contributed by atoms with Crippen molar-refractivity contribution in [3.05, 3.63) is 35.4 Å². The van der Waals surface area contributed by atoms with Crippen LogP contribution in [0.5, 0.6) is 0 Å². The van der Waals surface area contributed by atoms with Crippen LogP contribution in [0, 0.1) is 17.6 Å². The lowest BCUT2D eigenvalue weighted by molar-refractivity contribution is -0.0346. The normalized spacial score (nSPS) is 29.3. The fourth-order valence-electron chi connectivity index (χ4n) is 2.20. The summed E-state index contributed by atoms with van der Waals surface area (Å²) in [6.07, 6.45) is -1.35. The molecule has 1 aromatic carbocycles. The number of nitrogens with one attached hydrogen (secondary N) is 1. The monoisotopic (exact) mass is 243 g/mol. The number of hydrogen-bond donors (Lipinski definition) is 3. The summed E-state index contributed by atoms with van der Waals surface area (Å²) >= 11 is 0. The van der Waals surface area contributed by atoms with Crippen molar-refractivity contribution in [3.63, 3.8) is 0 Å². The van der Waals surface area contributed by atoms with Gasteiger partial charge in [0.15, 0.2) is 0 Å². The van der Waals surface area contributed by atoms with Crippen LogP contribution >= 0.6 is 0 Å². The van der Waals surface area contributed by atoms with E-state index in [2.05, 4.69) is 5.32 Å². The zero-order chi connectivity index (χ0) is 12.4. The third kappa shape index (κ3) is 3.00. The predicted molar refractivity (Wildman–Crippen MR) is 58.4 cm³/mol. The van der Waals surface area contributed by atoms with Crippen LogP contribution in [0.15, 0.2) is 18.2 Å². The molecule has 1 aromatic rings. The maximum atomic E-state index is 13.0. The summed E-state index contributed by atoms with van der Waals surface area (Å²) in [4.78, 5) is 0. The minimum Gasteiger partial charge on any atom is -0.390 e. The molecule has 0 saturated carbocycles. The molecule has 3 nitrogen and oxygen atoms in total. The average molecular weight is 243 g/mol. The van der Waals surface area contributed by atoms with Gasteiger partial charge in [0.1, 0.15) is 11.6 Å². The Labute approximate surface area is 98.1 Å². The highest BCUT2D eigenvalue weighted by Gasteiger charge is 2.30. The summed E-state index contributed by atoms with van der Waals surface area (Å²) < 4.78 is 26.0. The molecule has 0 aliphatic carbocycles. The number of hydrogen-bond acceptors (Lipinski definition) is 3. The summed E-state index contributed by atoms with van der Waals surface area (Å²) in [6, 6.07) is 3.31. The van der Waals surface area contributed by atoms with Crippen LogP contribution in [0.3, 0.4) is 0 Å². The SMILES string of the molecule is OC1CNCC(Cc2cc(F)cc(F)c2)C1O. The minimum atomic E-state index is -0.859. The fraction of sp³-hybridized carbons (Fsp3) is 0.500. The number of benzene rings is 1. The smallest absolute Gasteiger partial charge is 0.126 e. The lowest BCUT2D eigenvalue weighted by atomic mass is 9.88. The van der Waals surface area contributed by atoms with E-state index in [1.165, 1.54) is 12.1 Å². The van der Waals surface area contributed by atoms with E-state index in [0.717, 1.165) is 6.07 Å². The van der Waals surface area contributed by atoms with E-state index in [4.69, 9.17) is 0 Å². The van der Waals surface area contributed by atoms with Gasteiger partial charge in [-0.1, -0.05) is 0 Å². The van der Waals surface area contributed by atoms with E-state index in [-0.39, 0.29) is 5.92 Å². The van der Waals surface area contributed by atoms with Crippen molar-refractivity contribution in [2.75, 3.05) is 13.1 Å². The van der Waals surface area contributed by atoms with Crippen molar-refractivity contribution in [3.8, 4) is 0 Å². The molecule has 0 aromatic heterocycles. The van der Waals surface area contributed by atoms with Crippen molar-refractivity contribution >= 4 is 0 Å². The van der Waals surface area contributed by atoms with Gasteiger partial charge in [0.2, 0.25) is 0 Å². The second kappa shape index (κ2) is 5.08. The van der Waals surface area contributed by atoms with Crippen LogP contribution in [0.4, 0.5) is 8.78 Å². The van der Waals surface area contributed by atoms with E-state index in [0.29, 0.717) is 25.1 Å². The highest BCUT2D eigenvalue weighted by atomic mass is 19.1. The number of aliphatic hydroxyl groups is 2. The summed E-state index contributed by atoms with van der Waals surface area (Å²) in [5, 5.41) is 22.2. The van der Waals surface area contributed by atoms with E-state index in [1.807, 2.05) is 0 Å². The van der Waals surface area contributed by atoms with Crippen LogP contribution in [-0.2, 0) is 6.42 Å². The molecule has 0 spiro atoms. The molecule has 3 unspecified atom stereocenters. The summed E-state index contributed by atoms with van der Waals surface area (Å²) in [6.45, 7) is 0.867. The molecule has 1 fully saturated rings. The van der Waals surface area contributed by atoms with Gasteiger partial charge in [0, 0.05) is 25.1 Å². The Kier molecular flexibility index (Phi) is 3.71. The fourth-order valence-corrected chi connectivity index (χ4v) is 2.20. The van der Waals surface area contributed by atoms with Gasteiger partial charge in [0.25, 0.3) is 0 Å². The van der Waals surface area contributed by atoms with Gasteiger partial charge >= 0.3 is 0 Å². The van der Waals surface area contributed by atoms with Crippen molar-refractivity contribution in [2.24, 2.45) is 5.92 Å². The lowest BCUT2D eigenvalue weighted by Crippen LogP contribution is -2.51. The number of β-amino-alcohol motifs (C(OH)–C–C–N with tert-alkyl or cyclic N) is 1. The van der Waals surface area contributed by atoms with Crippen LogP contribution < -0.4 is 5.32 Å². The minimum absolute atomic E-state index is 0.236. The third-order valence-corrected chi connectivity index (χ3v) is 3.06. The van der Waals surface area contributed by atoms with Gasteiger partial charge in [-0.15, -0.1) is 0 Å². The van der Waals surface area contributed by atoms with Crippen molar-refractivity contribution in [2.45, 2.75) is 18.6 Å². The second-order valence-corrected chi connectivity index (χ2v) is 4.46. The maximum Gasteiger partial charge on any atom is 0.126 e.